The van der Waals surface area contributed by atoms with E-state index in [1.807, 2.05) is 6.92 Å². The molecule has 0 aliphatic rings. The number of aliphatic hydroxyl groups excluding tert-OH is 1. The molecular weight excluding hydrogens is 119 g/mol. The topological polar surface area (TPSA) is 20.2 Å². The van der Waals surface area contributed by atoms with Crippen LogP contribution in [0.4, 0.5) is 4.39 Å². The number of hydrogen-bond acceptors (Lipinski definition) is 1. The largest absolute Gasteiger partial charge is 0.390 e. The molecule has 0 aliphatic carbocycles. The molecule has 56 valence electrons. The van der Waals surface area contributed by atoms with Crippen LogP contribution in [0.15, 0.2) is 0 Å². The lowest BCUT2D eigenvalue weighted by atomic mass is 10.0. The van der Waals surface area contributed by atoms with Crippen LogP contribution in [-0.4, -0.2) is 16.9 Å². The molecular formula is C7H15FO. The Balaban J connectivity index is 3.59. The van der Waals surface area contributed by atoms with E-state index in [4.69, 9.17) is 5.11 Å². The molecule has 0 fully saturated rings. The van der Waals surface area contributed by atoms with Crippen LogP contribution in [0, 0.1) is 0 Å². The second-order valence-electron chi connectivity index (χ2n) is 2.87. The van der Waals surface area contributed by atoms with E-state index in [-0.39, 0.29) is 0 Å². The third-order valence-electron chi connectivity index (χ3n) is 1.35. The molecule has 0 aromatic rings. The zero-order valence-corrected chi connectivity index (χ0v) is 6.32. The Labute approximate surface area is 55.9 Å². The first kappa shape index (κ1) is 8.89. The van der Waals surface area contributed by atoms with E-state index in [9.17, 15) is 4.39 Å². The van der Waals surface area contributed by atoms with E-state index in [0.717, 1.165) is 6.42 Å². The summed E-state index contributed by atoms with van der Waals surface area (Å²) >= 11 is 0. The van der Waals surface area contributed by atoms with Gasteiger partial charge in [0.15, 0.2) is 0 Å². The van der Waals surface area contributed by atoms with Crippen LogP contribution >= 0.6 is 0 Å². The first-order valence-electron chi connectivity index (χ1n) is 3.35. The van der Waals surface area contributed by atoms with E-state index in [1.54, 1.807) is 0 Å². The maximum atomic E-state index is 12.7. The summed E-state index contributed by atoms with van der Waals surface area (Å²) in [4.78, 5) is 0. The number of aliphatic hydroxyl groups is 1. The summed E-state index contributed by atoms with van der Waals surface area (Å²) < 4.78 is 12.7. The van der Waals surface area contributed by atoms with Crippen molar-refractivity contribution in [2.45, 2.75) is 45.4 Å². The Morgan fingerprint density at radius 3 is 2.11 bits per heavy atom. The number of alkyl halides is 1. The Morgan fingerprint density at radius 1 is 1.56 bits per heavy atom. The molecule has 9 heavy (non-hydrogen) atoms. The van der Waals surface area contributed by atoms with Crippen molar-refractivity contribution in [3.8, 4) is 0 Å². The van der Waals surface area contributed by atoms with E-state index in [1.165, 1.54) is 13.8 Å². The van der Waals surface area contributed by atoms with Gasteiger partial charge in [-0.1, -0.05) is 13.3 Å². The SMILES string of the molecule is CCC[C@H](O)C(C)(C)F. The number of halogens is 1. The quantitative estimate of drug-likeness (QED) is 0.625. The van der Waals surface area contributed by atoms with E-state index < -0.39 is 11.8 Å². The third kappa shape index (κ3) is 3.46. The zero-order chi connectivity index (χ0) is 7.49. The lowest BCUT2D eigenvalue weighted by Gasteiger charge is -2.20. The smallest absolute Gasteiger partial charge is 0.131 e. The molecule has 1 atom stereocenters. The van der Waals surface area contributed by atoms with Gasteiger partial charge in [-0.05, 0) is 20.3 Å². The van der Waals surface area contributed by atoms with Gasteiger partial charge in [0.05, 0.1) is 6.10 Å². The lowest BCUT2D eigenvalue weighted by Crippen LogP contribution is -2.30. The standard InChI is InChI=1S/C7H15FO/c1-4-5-6(9)7(2,3)8/h6,9H,4-5H2,1-3H3/t6-/m0/s1. The van der Waals surface area contributed by atoms with Crippen LogP contribution in [-0.2, 0) is 0 Å². The summed E-state index contributed by atoms with van der Waals surface area (Å²) in [5.74, 6) is 0. The van der Waals surface area contributed by atoms with E-state index in [2.05, 4.69) is 0 Å². The van der Waals surface area contributed by atoms with Crippen molar-refractivity contribution in [2.24, 2.45) is 0 Å². The molecule has 0 aliphatic heterocycles. The third-order valence-corrected chi connectivity index (χ3v) is 1.35. The summed E-state index contributed by atoms with van der Waals surface area (Å²) in [5.41, 5.74) is -1.43. The summed E-state index contributed by atoms with van der Waals surface area (Å²) in [7, 11) is 0. The fourth-order valence-corrected chi connectivity index (χ4v) is 0.617. The Hall–Kier alpha value is -0.110. The van der Waals surface area contributed by atoms with Crippen LogP contribution in [0.2, 0.25) is 0 Å². The van der Waals surface area contributed by atoms with Gasteiger partial charge < -0.3 is 5.11 Å². The normalized spacial score (nSPS) is 15.7. The van der Waals surface area contributed by atoms with Crippen LogP contribution in [0.3, 0.4) is 0 Å². The van der Waals surface area contributed by atoms with Gasteiger partial charge in [0.25, 0.3) is 0 Å². The zero-order valence-electron chi connectivity index (χ0n) is 6.32. The molecule has 0 radical (unpaired) electrons. The molecule has 0 saturated heterocycles. The predicted molar refractivity (Wildman–Crippen MR) is 36.1 cm³/mol. The van der Waals surface area contributed by atoms with Crippen molar-refractivity contribution in [2.75, 3.05) is 0 Å². The van der Waals surface area contributed by atoms with Crippen LogP contribution in [0.1, 0.15) is 33.6 Å². The highest BCUT2D eigenvalue weighted by Gasteiger charge is 2.25. The Morgan fingerprint density at radius 2 is 2.00 bits per heavy atom. The van der Waals surface area contributed by atoms with Crippen molar-refractivity contribution >= 4 is 0 Å². The minimum Gasteiger partial charge on any atom is -0.390 e. The molecule has 0 rings (SSSR count). The van der Waals surface area contributed by atoms with Crippen LogP contribution < -0.4 is 0 Å². The van der Waals surface area contributed by atoms with Crippen molar-refractivity contribution < 1.29 is 9.50 Å². The highest BCUT2D eigenvalue weighted by molar-refractivity contribution is 4.75. The average molecular weight is 134 g/mol. The molecule has 0 unspecified atom stereocenters. The number of hydrogen-bond donors (Lipinski definition) is 1. The summed E-state index contributed by atoms with van der Waals surface area (Å²) in [6.07, 6.45) is 0.570. The molecule has 0 heterocycles. The number of rotatable bonds is 3. The first-order chi connectivity index (χ1) is 3.98. The second-order valence-corrected chi connectivity index (χ2v) is 2.87. The summed E-state index contributed by atoms with van der Waals surface area (Å²) in [6, 6.07) is 0. The second kappa shape index (κ2) is 3.16. The van der Waals surface area contributed by atoms with Gasteiger partial charge in [-0.25, -0.2) is 4.39 Å². The van der Waals surface area contributed by atoms with E-state index >= 15 is 0 Å². The van der Waals surface area contributed by atoms with Gasteiger partial charge in [-0.15, -0.1) is 0 Å². The molecule has 0 saturated carbocycles. The summed E-state index contributed by atoms with van der Waals surface area (Å²) in [6.45, 7) is 4.72. The van der Waals surface area contributed by atoms with Crippen molar-refractivity contribution in [1.29, 1.82) is 0 Å². The molecule has 0 amide bonds. The van der Waals surface area contributed by atoms with Gasteiger partial charge in [0.2, 0.25) is 0 Å². The molecule has 0 aromatic heterocycles. The Kier molecular flexibility index (Phi) is 3.12. The molecule has 2 heteroatoms. The summed E-state index contributed by atoms with van der Waals surface area (Å²) in [5, 5.41) is 9.01. The maximum absolute atomic E-state index is 12.7. The van der Waals surface area contributed by atoms with Gasteiger partial charge in [-0.3, -0.25) is 0 Å². The van der Waals surface area contributed by atoms with Crippen molar-refractivity contribution in [1.82, 2.24) is 0 Å². The highest BCUT2D eigenvalue weighted by Crippen LogP contribution is 2.17. The minimum absolute atomic E-state index is 0.545. The molecule has 0 spiro atoms. The monoisotopic (exact) mass is 134 g/mol. The van der Waals surface area contributed by atoms with Crippen LogP contribution in [0.5, 0.6) is 0 Å². The lowest BCUT2D eigenvalue weighted by molar-refractivity contribution is 0.0116. The molecule has 0 bridgehead atoms. The Bertz CT molecular complexity index is 75.5. The van der Waals surface area contributed by atoms with Crippen molar-refractivity contribution in [3.63, 3.8) is 0 Å². The highest BCUT2D eigenvalue weighted by atomic mass is 19.1. The van der Waals surface area contributed by atoms with Gasteiger partial charge in [-0.2, -0.15) is 0 Å². The van der Waals surface area contributed by atoms with Gasteiger partial charge in [0, 0.05) is 0 Å². The van der Waals surface area contributed by atoms with Crippen LogP contribution in [0.25, 0.3) is 0 Å². The van der Waals surface area contributed by atoms with Gasteiger partial charge in [0.1, 0.15) is 5.67 Å². The first-order valence-corrected chi connectivity index (χ1v) is 3.35. The van der Waals surface area contributed by atoms with E-state index in [0.29, 0.717) is 6.42 Å². The fourth-order valence-electron chi connectivity index (χ4n) is 0.617. The molecule has 1 N–H and O–H groups in total. The van der Waals surface area contributed by atoms with Crippen molar-refractivity contribution in [3.05, 3.63) is 0 Å². The van der Waals surface area contributed by atoms with Gasteiger partial charge >= 0.3 is 0 Å². The average Bonchev–Trinajstić information content (AvgIpc) is 1.64. The molecule has 1 nitrogen and oxygen atoms in total. The fraction of sp³-hybridized carbons (Fsp3) is 1.00. The maximum Gasteiger partial charge on any atom is 0.131 e. The predicted octanol–water partition coefficient (Wildman–Crippen LogP) is 1.90. The minimum atomic E-state index is -1.43. The molecule has 0 aromatic carbocycles.